The Morgan fingerprint density at radius 1 is 1.25 bits per heavy atom. The molecule has 1 heterocycles. The number of carbonyl (C=O) groups excluding carboxylic acids is 3. The summed E-state index contributed by atoms with van der Waals surface area (Å²) in [7, 11) is 1.24. The summed E-state index contributed by atoms with van der Waals surface area (Å²) < 4.78 is 17.4. The summed E-state index contributed by atoms with van der Waals surface area (Å²) in [5, 5.41) is 9.89. The van der Waals surface area contributed by atoms with Crippen molar-refractivity contribution in [2.45, 2.75) is 13.1 Å². The van der Waals surface area contributed by atoms with Gasteiger partial charge in [0.15, 0.2) is 5.69 Å². The first-order valence-corrected chi connectivity index (χ1v) is 6.70. The Labute approximate surface area is 135 Å². The van der Waals surface area contributed by atoms with Crippen LogP contribution in [0.15, 0.2) is 30.5 Å². The fraction of sp³-hybridized carbons (Fsp3) is 0.214. The highest BCUT2D eigenvalue weighted by Crippen LogP contribution is 2.06. The molecular weight excluding hydrogens is 323 g/mol. The van der Waals surface area contributed by atoms with E-state index in [4.69, 9.17) is 0 Å². The van der Waals surface area contributed by atoms with Crippen LogP contribution in [0.4, 0.5) is 4.53 Å². The normalized spacial score (nSPS) is 10.1. The van der Waals surface area contributed by atoms with Gasteiger partial charge in [-0.25, -0.2) is 14.4 Å². The molecule has 0 aliphatic heterocycles. The smallest absolute Gasteiger partial charge is 0.379 e. The topological polar surface area (TPSA) is 112 Å². The van der Waals surface area contributed by atoms with Crippen LogP contribution in [0.1, 0.15) is 26.4 Å². The van der Waals surface area contributed by atoms with Gasteiger partial charge in [0.25, 0.3) is 5.91 Å². The van der Waals surface area contributed by atoms with E-state index in [1.54, 1.807) is 12.1 Å². The van der Waals surface area contributed by atoms with Gasteiger partial charge < -0.3 is 10.1 Å². The van der Waals surface area contributed by atoms with Crippen LogP contribution in [0.3, 0.4) is 0 Å². The molecule has 10 heteroatoms. The SMILES string of the molecule is COC(=O)Cn1cc(C(=O)NCc2ccc(C(=O)OF)cc2)nn1. The van der Waals surface area contributed by atoms with E-state index in [0.717, 1.165) is 0 Å². The summed E-state index contributed by atoms with van der Waals surface area (Å²) in [5.74, 6) is -2.09. The van der Waals surface area contributed by atoms with Crippen LogP contribution in [-0.2, 0) is 27.6 Å². The zero-order chi connectivity index (χ0) is 17.5. The number of amides is 1. The van der Waals surface area contributed by atoms with Crippen molar-refractivity contribution >= 4 is 17.8 Å². The van der Waals surface area contributed by atoms with Crippen molar-refractivity contribution in [3.8, 4) is 0 Å². The minimum absolute atomic E-state index is 0.0385. The molecule has 0 fully saturated rings. The maximum atomic E-state index is 11.9. The molecule has 1 amide bonds. The number of carbonyl (C=O) groups is 3. The number of hydrogen-bond acceptors (Lipinski definition) is 7. The van der Waals surface area contributed by atoms with E-state index < -0.39 is 17.8 Å². The lowest BCUT2D eigenvalue weighted by molar-refractivity contribution is -0.141. The van der Waals surface area contributed by atoms with Crippen LogP contribution in [0, 0.1) is 0 Å². The molecule has 24 heavy (non-hydrogen) atoms. The first kappa shape index (κ1) is 17.1. The highest BCUT2D eigenvalue weighted by Gasteiger charge is 2.13. The van der Waals surface area contributed by atoms with Crippen LogP contribution in [0.2, 0.25) is 0 Å². The zero-order valence-electron chi connectivity index (χ0n) is 12.6. The number of esters is 1. The number of rotatable bonds is 6. The van der Waals surface area contributed by atoms with Crippen molar-refractivity contribution < 1.29 is 28.6 Å². The predicted molar refractivity (Wildman–Crippen MR) is 76.2 cm³/mol. The van der Waals surface area contributed by atoms with E-state index in [0.29, 0.717) is 5.56 Å². The van der Waals surface area contributed by atoms with Crippen molar-refractivity contribution in [3.63, 3.8) is 0 Å². The molecule has 1 aromatic heterocycles. The molecule has 0 saturated heterocycles. The molecule has 2 rings (SSSR count). The Balaban J connectivity index is 1.91. The van der Waals surface area contributed by atoms with Gasteiger partial charge in [-0.05, 0) is 17.7 Å². The molecule has 0 bridgehead atoms. The van der Waals surface area contributed by atoms with E-state index in [1.807, 2.05) is 0 Å². The van der Waals surface area contributed by atoms with Gasteiger partial charge in [-0.3, -0.25) is 9.59 Å². The number of nitrogens with one attached hydrogen (secondary N) is 1. The molecule has 2 aromatic rings. The maximum absolute atomic E-state index is 11.9. The second-order valence-corrected chi connectivity index (χ2v) is 4.62. The molecular formula is C14H13FN4O5. The first-order chi connectivity index (χ1) is 11.5. The summed E-state index contributed by atoms with van der Waals surface area (Å²) in [6.45, 7) is 0.0105. The molecule has 0 saturated carbocycles. The molecule has 0 spiro atoms. The van der Waals surface area contributed by atoms with Crippen LogP contribution in [-0.4, -0.2) is 39.9 Å². The Bertz CT molecular complexity index is 744. The Morgan fingerprint density at radius 3 is 2.58 bits per heavy atom. The fourth-order valence-electron chi connectivity index (χ4n) is 1.75. The van der Waals surface area contributed by atoms with Crippen LogP contribution < -0.4 is 5.32 Å². The molecule has 0 atom stereocenters. The average molecular weight is 336 g/mol. The van der Waals surface area contributed by atoms with Gasteiger partial charge in [-0.1, -0.05) is 17.3 Å². The molecule has 1 aromatic carbocycles. The third-order valence-electron chi connectivity index (χ3n) is 3.00. The lowest BCUT2D eigenvalue weighted by atomic mass is 10.1. The second kappa shape index (κ2) is 7.81. The maximum Gasteiger partial charge on any atom is 0.379 e. The number of benzene rings is 1. The number of methoxy groups -OCH3 is 1. The van der Waals surface area contributed by atoms with Crippen LogP contribution in [0.25, 0.3) is 0 Å². The standard InChI is InChI=1S/C14H13FN4O5/c1-23-12(20)8-19-7-11(17-18-19)13(21)16-6-9-2-4-10(5-3-9)14(22)24-15/h2-5,7H,6,8H2,1H3,(H,16,21). The summed E-state index contributed by atoms with van der Waals surface area (Å²) in [5.41, 5.74) is 0.774. The third-order valence-corrected chi connectivity index (χ3v) is 3.00. The van der Waals surface area contributed by atoms with E-state index in [9.17, 15) is 18.9 Å². The van der Waals surface area contributed by atoms with Crippen molar-refractivity contribution in [2.75, 3.05) is 7.11 Å². The number of halogens is 1. The van der Waals surface area contributed by atoms with Gasteiger partial charge in [0.2, 0.25) is 0 Å². The number of ether oxygens (including phenoxy) is 1. The summed E-state index contributed by atoms with van der Waals surface area (Å²) in [6, 6.07) is 5.83. The quantitative estimate of drug-likeness (QED) is 0.761. The van der Waals surface area contributed by atoms with Crippen molar-refractivity contribution in [2.24, 2.45) is 0 Å². The largest absolute Gasteiger partial charge is 0.468 e. The highest BCUT2D eigenvalue weighted by molar-refractivity contribution is 5.92. The second-order valence-electron chi connectivity index (χ2n) is 4.62. The third kappa shape index (κ3) is 4.35. The minimum atomic E-state index is -1.09. The molecule has 1 N–H and O–H groups in total. The molecule has 0 unspecified atom stereocenters. The average Bonchev–Trinajstić information content (AvgIpc) is 3.07. The lowest BCUT2D eigenvalue weighted by Crippen LogP contribution is -2.23. The van der Waals surface area contributed by atoms with Gasteiger partial charge in [0.05, 0.1) is 18.9 Å². The Kier molecular flexibility index (Phi) is 5.55. The van der Waals surface area contributed by atoms with Crippen LogP contribution >= 0.6 is 0 Å². The molecule has 9 nitrogen and oxygen atoms in total. The predicted octanol–water partition coefficient (Wildman–Crippen LogP) is 0.422. The Morgan fingerprint density at radius 2 is 1.96 bits per heavy atom. The Hall–Kier alpha value is -3.30. The molecule has 126 valence electrons. The van der Waals surface area contributed by atoms with Crippen molar-refractivity contribution in [1.29, 1.82) is 0 Å². The number of nitrogens with zero attached hydrogens (tertiary/aromatic N) is 3. The van der Waals surface area contributed by atoms with E-state index >= 15 is 0 Å². The zero-order valence-corrected chi connectivity index (χ0v) is 12.6. The molecule has 0 aliphatic rings. The fourth-order valence-corrected chi connectivity index (χ4v) is 1.75. The van der Waals surface area contributed by atoms with E-state index in [1.165, 1.54) is 30.1 Å². The van der Waals surface area contributed by atoms with Gasteiger partial charge in [-0.2, -0.15) is 0 Å². The van der Waals surface area contributed by atoms with Crippen molar-refractivity contribution in [1.82, 2.24) is 20.3 Å². The highest BCUT2D eigenvalue weighted by atomic mass is 19.3. The van der Waals surface area contributed by atoms with E-state index in [-0.39, 0.29) is 24.3 Å². The number of hydrogen-bond donors (Lipinski definition) is 1. The lowest BCUT2D eigenvalue weighted by Gasteiger charge is -2.03. The summed E-state index contributed by atoms with van der Waals surface area (Å²) in [4.78, 5) is 37.1. The first-order valence-electron chi connectivity index (χ1n) is 6.70. The van der Waals surface area contributed by atoms with E-state index in [2.05, 4.69) is 25.3 Å². The minimum Gasteiger partial charge on any atom is -0.468 e. The summed E-state index contributed by atoms with van der Waals surface area (Å²) >= 11 is 0. The van der Waals surface area contributed by atoms with Gasteiger partial charge in [0.1, 0.15) is 6.54 Å². The number of aromatic nitrogens is 3. The van der Waals surface area contributed by atoms with Crippen molar-refractivity contribution in [3.05, 3.63) is 47.3 Å². The van der Waals surface area contributed by atoms with Crippen LogP contribution in [0.5, 0.6) is 0 Å². The molecule has 0 radical (unpaired) electrons. The van der Waals surface area contributed by atoms with Gasteiger partial charge in [0, 0.05) is 11.1 Å². The van der Waals surface area contributed by atoms with Gasteiger partial charge >= 0.3 is 11.9 Å². The summed E-state index contributed by atoms with van der Waals surface area (Å²) in [6.07, 6.45) is 1.31. The molecule has 0 aliphatic carbocycles. The monoisotopic (exact) mass is 336 g/mol. The van der Waals surface area contributed by atoms with Gasteiger partial charge in [-0.15, -0.1) is 5.10 Å².